The molecule has 0 fully saturated rings. The fraction of sp³-hybridized carbons (Fsp3) is 0.750. The largest absolute Gasteiger partial charge is 0.445 e. The molecular formula is C4H6Cl2O2. The summed E-state index contributed by atoms with van der Waals surface area (Å²) in [6, 6.07) is 0. The molecule has 0 radical (unpaired) electrons. The highest BCUT2D eigenvalue weighted by molar-refractivity contribution is 6.27. The van der Waals surface area contributed by atoms with Crippen LogP contribution in [0.3, 0.4) is 0 Å². The SMILES string of the molecule is CC(Cl)OC(=O)CCl. The number of esters is 1. The molecule has 0 amide bonds. The normalized spacial score (nSPS) is 12.9. The van der Waals surface area contributed by atoms with E-state index in [9.17, 15) is 4.79 Å². The van der Waals surface area contributed by atoms with Gasteiger partial charge in [0.25, 0.3) is 0 Å². The van der Waals surface area contributed by atoms with E-state index in [1.54, 1.807) is 6.92 Å². The summed E-state index contributed by atoms with van der Waals surface area (Å²) in [7, 11) is 0. The molecule has 8 heavy (non-hydrogen) atoms. The van der Waals surface area contributed by atoms with E-state index < -0.39 is 11.5 Å². The quantitative estimate of drug-likeness (QED) is 0.446. The van der Waals surface area contributed by atoms with Crippen molar-refractivity contribution in [2.24, 2.45) is 0 Å². The molecule has 0 rings (SSSR count). The maximum atomic E-state index is 10.2. The number of ether oxygens (including phenoxy) is 1. The third-order valence-corrected chi connectivity index (χ3v) is 0.710. The summed E-state index contributed by atoms with van der Waals surface area (Å²) in [5.74, 6) is -0.633. The standard InChI is InChI=1S/C4H6Cl2O2/c1-3(6)8-4(7)2-5/h3H,2H2,1H3. The van der Waals surface area contributed by atoms with Gasteiger partial charge in [-0.1, -0.05) is 11.6 Å². The van der Waals surface area contributed by atoms with E-state index in [-0.39, 0.29) is 5.88 Å². The average Bonchev–Trinajstić information content (AvgIpc) is 1.65. The van der Waals surface area contributed by atoms with Crippen LogP contribution in [0.25, 0.3) is 0 Å². The highest BCUT2D eigenvalue weighted by atomic mass is 35.5. The Morgan fingerprint density at radius 2 is 2.38 bits per heavy atom. The Morgan fingerprint density at radius 1 is 1.88 bits per heavy atom. The van der Waals surface area contributed by atoms with Crippen LogP contribution in [0.4, 0.5) is 0 Å². The van der Waals surface area contributed by atoms with Gasteiger partial charge in [0.05, 0.1) is 0 Å². The first-order valence-electron chi connectivity index (χ1n) is 2.06. The molecule has 0 bridgehead atoms. The van der Waals surface area contributed by atoms with Crippen molar-refractivity contribution in [3.05, 3.63) is 0 Å². The summed E-state index contributed by atoms with van der Waals surface area (Å²) in [5, 5.41) is 0. The topological polar surface area (TPSA) is 26.3 Å². The lowest BCUT2D eigenvalue weighted by molar-refractivity contribution is -0.141. The predicted molar refractivity (Wildman–Crippen MR) is 32.1 cm³/mol. The molecule has 0 saturated carbocycles. The van der Waals surface area contributed by atoms with Crippen molar-refractivity contribution in [1.29, 1.82) is 0 Å². The van der Waals surface area contributed by atoms with Gasteiger partial charge in [0, 0.05) is 0 Å². The Labute approximate surface area is 57.7 Å². The maximum Gasteiger partial charge on any atom is 0.322 e. The molecule has 0 aliphatic heterocycles. The molecule has 0 aliphatic rings. The van der Waals surface area contributed by atoms with Crippen molar-refractivity contribution in [3.63, 3.8) is 0 Å². The summed E-state index contributed by atoms with van der Waals surface area (Å²) in [6.07, 6.45) is 0. The fourth-order valence-electron chi connectivity index (χ4n) is 0.213. The van der Waals surface area contributed by atoms with Crippen molar-refractivity contribution in [2.45, 2.75) is 12.5 Å². The number of carbonyl (C=O) groups is 1. The molecule has 48 valence electrons. The number of rotatable bonds is 2. The molecule has 0 aromatic rings. The first-order chi connectivity index (χ1) is 3.66. The van der Waals surface area contributed by atoms with Crippen LogP contribution in [0.1, 0.15) is 6.92 Å². The van der Waals surface area contributed by atoms with E-state index in [1.165, 1.54) is 0 Å². The molecule has 1 unspecified atom stereocenters. The van der Waals surface area contributed by atoms with E-state index in [2.05, 4.69) is 4.74 Å². The third-order valence-electron chi connectivity index (χ3n) is 0.403. The van der Waals surface area contributed by atoms with E-state index in [1.807, 2.05) is 0 Å². The molecular weight excluding hydrogens is 151 g/mol. The minimum atomic E-state index is -0.582. The van der Waals surface area contributed by atoms with E-state index in [0.717, 1.165) is 0 Å². The van der Waals surface area contributed by atoms with Crippen LogP contribution in [0.5, 0.6) is 0 Å². The highest BCUT2D eigenvalue weighted by Crippen LogP contribution is 1.96. The van der Waals surface area contributed by atoms with Crippen LogP contribution < -0.4 is 0 Å². The number of alkyl halides is 2. The summed E-state index contributed by atoms with van der Waals surface area (Å²) >= 11 is 10.3. The predicted octanol–water partition coefficient (Wildman–Crippen LogP) is 1.35. The van der Waals surface area contributed by atoms with Gasteiger partial charge < -0.3 is 4.74 Å². The monoisotopic (exact) mass is 156 g/mol. The maximum absolute atomic E-state index is 10.2. The zero-order valence-electron chi connectivity index (χ0n) is 4.36. The molecule has 2 nitrogen and oxygen atoms in total. The lowest BCUT2D eigenvalue weighted by Gasteiger charge is -2.01. The van der Waals surface area contributed by atoms with Crippen molar-refractivity contribution >= 4 is 29.2 Å². The van der Waals surface area contributed by atoms with Crippen molar-refractivity contribution in [1.82, 2.24) is 0 Å². The fourth-order valence-corrected chi connectivity index (χ4v) is 0.375. The second-order valence-electron chi connectivity index (χ2n) is 1.17. The first kappa shape index (κ1) is 8.05. The van der Waals surface area contributed by atoms with E-state index in [4.69, 9.17) is 23.2 Å². The number of carbonyl (C=O) groups excluding carboxylic acids is 1. The summed E-state index contributed by atoms with van der Waals surface area (Å²) in [6.45, 7) is 1.55. The van der Waals surface area contributed by atoms with Crippen LogP contribution >= 0.6 is 23.2 Å². The van der Waals surface area contributed by atoms with Gasteiger partial charge in [0.15, 0.2) is 5.56 Å². The van der Waals surface area contributed by atoms with Gasteiger partial charge in [-0.25, -0.2) is 0 Å². The zero-order valence-corrected chi connectivity index (χ0v) is 5.87. The molecule has 0 heterocycles. The second-order valence-corrected chi connectivity index (χ2v) is 2.05. The smallest absolute Gasteiger partial charge is 0.322 e. The van der Waals surface area contributed by atoms with Crippen molar-refractivity contribution < 1.29 is 9.53 Å². The molecule has 0 aliphatic carbocycles. The summed E-state index contributed by atoms with van der Waals surface area (Å²) in [5.41, 5.74) is -0.582. The first-order valence-corrected chi connectivity index (χ1v) is 3.03. The van der Waals surface area contributed by atoms with Crippen LogP contribution in [-0.4, -0.2) is 17.4 Å². The molecule has 1 atom stereocenters. The molecule has 0 saturated heterocycles. The van der Waals surface area contributed by atoms with Crippen LogP contribution in [0.15, 0.2) is 0 Å². The van der Waals surface area contributed by atoms with Crippen LogP contribution in [-0.2, 0) is 9.53 Å². The third kappa shape index (κ3) is 4.22. The average molecular weight is 157 g/mol. The molecule has 0 N–H and O–H groups in total. The lowest BCUT2D eigenvalue weighted by atomic mass is 10.8. The van der Waals surface area contributed by atoms with Gasteiger partial charge in [-0.3, -0.25) is 4.79 Å². The van der Waals surface area contributed by atoms with E-state index in [0.29, 0.717) is 0 Å². The number of halogens is 2. The Morgan fingerprint density at radius 3 is 2.50 bits per heavy atom. The molecule has 0 spiro atoms. The van der Waals surface area contributed by atoms with Gasteiger partial charge >= 0.3 is 5.97 Å². The molecule has 0 aromatic carbocycles. The zero-order chi connectivity index (χ0) is 6.57. The highest BCUT2D eigenvalue weighted by Gasteiger charge is 2.02. The summed E-state index contributed by atoms with van der Waals surface area (Å²) < 4.78 is 4.39. The van der Waals surface area contributed by atoms with Gasteiger partial charge in [-0.2, -0.15) is 0 Å². The number of hydrogen-bond acceptors (Lipinski definition) is 2. The Balaban J connectivity index is 3.25. The minimum absolute atomic E-state index is 0.142. The Hall–Kier alpha value is 0.0500. The van der Waals surface area contributed by atoms with Crippen molar-refractivity contribution in [3.8, 4) is 0 Å². The molecule has 4 heteroatoms. The Kier molecular flexibility index (Phi) is 4.01. The summed E-state index contributed by atoms with van der Waals surface area (Å²) in [4.78, 5) is 10.2. The van der Waals surface area contributed by atoms with Gasteiger partial charge in [-0.15, -0.1) is 11.6 Å². The molecule has 0 aromatic heterocycles. The minimum Gasteiger partial charge on any atom is -0.445 e. The lowest BCUT2D eigenvalue weighted by Crippen LogP contribution is -2.09. The van der Waals surface area contributed by atoms with E-state index >= 15 is 0 Å². The van der Waals surface area contributed by atoms with Gasteiger partial charge in [-0.05, 0) is 6.92 Å². The number of hydrogen-bond donors (Lipinski definition) is 0. The van der Waals surface area contributed by atoms with Gasteiger partial charge in [0.2, 0.25) is 0 Å². The second kappa shape index (κ2) is 3.98. The Bertz CT molecular complexity index is 82.1. The van der Waals surface area contributed by atoms with Crippen LogP contribution in [0, 0.1) is 0 Å². The van der Waals surface area contributed by atoms with Crippen LogP contribution in [0.2, 0.25) is 0 Å². The van der Waals surface area contributed by atoms with Crippen molar-refractivity contribution in [2.75, 3.05) is 5.88 Å². The van der Waals surface area contributed by atoms with Gasteiger partial charge in [0.1, 0.15) is 5.88 Å².